The first-order valence-corrected chi connectivity index (χ1v) is 8.25. The second-order valence-corrected chi connectivity index (χ2v) is 6.23. The van der Waals surface area contributed by atoms with Crippen LogP contribution in [-0.2, 0) is 0 Å². The third-order valence-electron chi connectivity index (χ3n) is 4.41. The number of nitrogens with one attached hydrogen (secondary N) is 1. The fourth-order valence-electron chi connectivity index (χ4n) is 2.83. The average molecular weight is 330 g/mol. The molecule has 1 heterocycles. The van der Waals surface area contributed by atoms with Crippen LogP contribution in [0, 0.1) is 0 Å². The minimum atomic E-state index is -0.129. The first kappa shape index (κ1) is 15.5. The first-order valence-electron chi connectivity index (χ1n) is 8.25. The number of benzene rings is 2. The number of rotatable bonds is 4. The molecule has 124 valence electrons. The molecule has 1 aliphatic rings. The van der Waals surface area contributed by atoms with E-state index in [-0.39, 0.29) is 11.9 Å². The quantitative estimate of drug-likeness (QED) is 0.770. The highest BCUT2D eigenvalue weighted by Gasteiger charge is 2.34. The Kier molecular flexibility index (Phi) is 3.99. The molecule has 0 aliphatic heterocycles. The fraction of sp³-hybridized carbons (Fsp3) is 0.150. The lowest BCUT2D eigenvalue weighted by Gasteiger charge is -2.07. The van der Waals surface area contributed by atoms with Crippen molar-refractivity contribution in [2.45, 2.75) is 18.4 Å². The van der Waals surface area contributed by atoms with Crippen molar-refractivity contribution in [3.63, 3.8) is 0 Å². The van der Waals surface area contributed by atoms with Crippen LogP contribution in [0.15, 0.2) is 67.0 Å². The van der Waals surface area contributed by atoms with Gasteiger partial charge >= 0.3 is 0 Å². The van der Waals surface area contributed by atoms with Gasteiger partial charge in [0.05, 0.1) is 0 Å². The SMILES string of the molecule is NC1CC1c1ccc(C(=O)Nc2ccc(-c3ncccn3)cc2)cc1. The molecule has 0 saturated heterocycles. The lowest BCUT2D eigenvalue weighted by atomic mass is 10.1. The molecule has 2 unspecified atom stereocenters. The Labute approximate surface area is 145 Å². The maximum absolute atomic E-state index is 12.4. The zero-order chi connectivity index (χ0) is 17.2. The molecule has 0 radical (unpaired) electrons. The normalized spacial score (nSPS) is 18.6. The van der Waals surface area contributed by atoms with Gasteiger partial charge in [0, 0.05) is 41.2 Å². The molecule has 1 amide bonds. The Morgan fingerprint density at radius 1 is 1.00 bits per heavy atom. The van der Waals surface area contributed by atoms with Gasteiger partial charge in [-0.1, -0.05) is 12.1 Å². The monoisotopic (exact) mass is 330 g/mol. The van der Waals surface area contributed by atoms with Gasteiger partial charge in [-0.15, -0.1) is 0 Å². The summed E-state index contributed by atoms with van der Waals surface area (Å²) in [6, 6.07) is 17.2. The van der Waals surface area contributed by atoms with Crippen LogP contribution in [0.4, 0.5) is 5.69 Å². The maximum Gasteiger partial charge on any atom is 0.255 e. The lowest BCUT2D eigenvalue weighted by Crippen LogP contribution is -2.11. The topological polar surface area (TPSA) is 80.9 Å². The van der Waals surface area contributed by atoms with Gasteiger partial charge in [0.1, 0.15) is 0 Å². The summed E-state index contributed by atoms with van der Waals surface area (Å²) in [5.41, 5.74) is 9.34. The standard InChI is InChI=1S/C20H18N4O/c21-18-12-17(18)13-2-4-15(5-3-13)20(25)24-16-8-6-14(7-9-16)19-22-10-1-11-23-19/h1-11,17-18H,12,21H2,(H,24,25). The predicted octanol–water partition coefficient (Wildman–Crippen LogP) is 3.21. The van der Waals surface area contributed by atoms with E-state index in [1.807, 2.05) is 48.5 Å². The van der Waals surface area contributed by atoms with Gasteiger partial charge in [-0.05, 0) is 54.4 Å². The molecule has 0 spiro atoms. The number of carbonyl (C=O) groups excluding carboxylic acids is 1. The third-order valence-corrected chi connectivity index (χ3v) is 4.41. The van der Waals surface area contributed by atoms with Crippen molar-refractivity contribution in [1.29, 1.82) is 0 Å². The fourth-order valence-corrected chi connectivity index (χ4v) is 2.83. The van der Waals surface area contributed by atoms with Crippen molar-refractivity contribution in [2.24, 2.45) is 5.73 Å². The number of aromatic nitrogens is 2. The molecule has 1 fully saturated rings. The van der Waals surface area contributed by atoms with E-state index in [4.69, 9.17) is 5.73 Å². The minimum absolute atomic E-state index is 0.129. The molecule has 0 bridgehead atoms. The summed E-state index contributed by atoms with van der Waals surface area (Å²) < 4.78 is 0. The Balaban J connectivity index is 1.43. The molecular formula is C20H18N4O. The number of nitrogens with zero attached hydrogens (tertiary/aromatic N) is 2. The van der Waals surface area contributed by atoms with Crippen LogP contribution in [0.3, 0.4) is 0 Å². The molecule has 25 heavy (non-hydrogen) atoms. The summed E-state index contributed by atoms with van der Waals surface area (Å²) in [4.78, 5) is 20.8. The summed E-state index contributed by atoms with van der Waals surface area (Å²) in [6.45, 7) is 0. The summed E-state index contributed by atoms with van der Waals surface area (Å²) in [5, 5.41) is 2.91. The number of nitrogens with two attached hydrogens (primary N) is 1. The number of amides is 1. The molecule has 3 aromatic rings. The van der Waals surface area contributed by atoms with Crippen LogP contribution < -0.4 is 11.1 Å². The number of carbonyl (C=O) groups is 1. The van der Waals surface area contributed by atoms with E-state index in [2.05, 4.69) is 15.3 Å². The zero-order valence-electron chi connectivity index (χ0n) is 13.6. The number of anilines is 1. The summed E-state index contributed by atoms with van der Waals surface area (Å²) in [6.07, 6.45) is 4.44. The summed E-state index contributed by atoms with van der Waals surface area (Å²) >= 11 is 0. The third kappa shape index (κ3) is 3.41. The second kappa shape index (κ2) is 6.45. The van der Waals surface area contributed by atoms with E-state index >= 15 is 0 Å². The van der Waals surface area contributed by atoms with Crippen molar-refractivity contribution in [2.75, 3.05) is 5.32 Å². The van der Waals surface area contributed by atoms with E-state index in [1.165, 1.54) is 5.56 Å². The molecule has 3 N–H and O–H groups in total. The Morgan fingerprint density at radius 3 is 2.24 bits per heavy atom. The van der Waals surface area contributed by atoms with Gasteiger partial charge < -0.3 is 11.1 Å². The Hall–Kier alpha value is -3.05. The van der Waals surface area contributed by atoms with Crippen LogP contribution in [0.25, 0.3) is 11.4 Å². The van der Waals surface area contributed by atoms with Crippen molar-refractivity contribution >= 4 is 11.6 Å². The molecule has 5 nitrogen and oxygen atoms in total. The van der Waals surface area contributed by atoms with E-state index in [0.29, 0.717) is 17.3 Å². The molecule has 1 aromatic heterocycles. The van der Waals surface area contributed by atoms with Crippen molar-refractivity contribution in [3.05, 3.63) is 78.1 Å². The van der Waals surface area contributed by atoms with Crippen molar-refractivity contribution in [3.8, 4) is 11.4 Å². The predicted molar refractivity (Wildman–Crippen MR) is 97.2 cm³/mol. The van der Waals surface area contributed by atoms with Gasteiger partial charge in [0.25, 0.3) is 5.91 Å². The highest BCUT2D eigenvalue weighted by atomic mass is 16.1. The number of hydrogen-bond donors (Lipinski definition) is 2. The van der Waals surface area contributed by atoms with Crippen LogP contribution in [0.1, 0.15) is 28.3 Å². The largest absolute Gasteiger partial charge is 0.327 e. The van der Waals surface area contributed by atoms with Crippen LogP contribution in [0.5, 0.6) is 0 Å². The highest BCUT2D eigenvalue weighted by molar-refractivity contribution is 6.04. The molecule has 2 aromatic carbocycles. The van der Waals surface area contributed by atoms with Crippen LogP contribution >= 0.6 is 0 Å². The number of hydrogen-bond acceptors (Lipinski definition) is 4. The Bertz CT molecular complexity index is 876. The van der Waals surface area contributed by atoms with Gasteiger partial charge in [0.15, 0.2) is 5.82 Å². The average Bonchev–Trinajstić information content (AvgIpc) is 3.40. The molecule has 1 saturated carbocycles. The molecule has 1 aliphatic carbocycles. The van der Waals surface area contributed by atoms with E-state index < -0.39 is 0 Å². The minimum Gasteiger partial charge on any atom is -0.327 e. The van der Waals surface area contributed by atoms with Gasteiger partial charge in [-0.2, -0.15) is 0 Å². The van der Waals surface area contributed by atoms with Crippen molar-refractivity contribution < 1.29 is 4.79 Å². The van der Waals surface area contributed by atoms with Crippen LogP contribution in [-0.4, -0.2) is 21.9 Å². The lowest BCUT2D eigenvalue weighted by molar-refractivity contribution is 0.102. The molecule has 2 atom stereocenters. The van der Waals surface area contributed by atoms with Crippen LogP contribution in [0.2, 0.25) is 0 Å². The van der Waals surface area contributed by atoms with E-state index in [9.17, 15) is 4.79 Å². The highest BCUT2D eigenvalue weighted by Crippen LogP contribution is 2.38. The summed E-state index contributed by atoms with van der Waals surface area (Å²) in [5.74, 6) is 0.981. The first-order chi connectivity index (χ1) is 12.2. The molecule has 5 heteroatoms. The smallest absolute Gasteiger partial charge is 0.255 e. The molecule has 4 rings (SSSR count). The van der Waals surface area contributed by atoms with Crippen molar-refractivity contribution in [1.82, 2.24) is 9.97 Å². The van der Waals surface area contributed by atoms with E-state index in [1.54, 1.807) is 18.5 Å². The van der Waals surface area contributed by atoms with Gasteiger partial charge in [-0.3, -0.25) is 4.79 Å². The maximum atomic E-state index is 12.4. The Morgan fingerprint density at radius 2 is 1.64 bits per heavy atom. The molecular weight excluding hydrogens is 312 g/mol. The summed E-state index contributed by atoms with van der Waals surface area (Å²) in [7, 11) is 0. The van der Waals surface area contributed by atoms with Gasteiger partial charge in [0.2, 0.25) is 0 Å². The second-order valence-electron chi connectivity index (χ2n) is 6.23. The zero-order valence-corrected chi connectivity index (χ0v) is 13.6. The van der Waals surface area contributed by atoms with E-state index in [0.717, 1.165) is 17.7 Å². The van der Waals surface area contributed by atoms with Gasteiger partial charge in [-0.25, -0.2) is 9.97 Å².